The summed E-state index contributed by atoms with van der Waals surface area (Å²) in [6.45, 7) is 2.66. The Kier molecular flexibility index (Phi) is 5.33. The second-order valence-corrected chi connectivity index (χ2v) is 6.38. The Morgan fingerprint density at radius 2 is 1.68 bits per heavy atom. The van der Waals surface area contributed by atoms with Gasteiger partial charge in [-0.15, -0.1) is 0 Å². The first-order valence-electron chi connectivity index (χ1n) is 9.18. The lowest BCUT2D eigenvalue weighted by Crippen LogP contribution is -2.50. The first kappa shape index (κ1) is 17.8. The van der Waals surface area contributed by atoms with E-state index in [9.17, 15) is 4.79 Å². The second kappa shape index (κ2) is 8.39. The third kappa shape index (κ3) is 4.20. The topological polar surface area (TPSA) is 70.6 Å². The summed E-state index contributed by atoms with van der Waals surface area (Å²) >= 11 is 0. The molecule has 0 atom stereocenters. The number of hydrogen-bond donors (Lipinski definition) is 1. The van der Waals surface area contributed by atoms with Gasteiger partial charge in [-0.3, -0.25) is 4.98 Å². The van der Waals surface area contributed by atoms with E-state index >= 15 is 0 Å². The smallest absolute Gasteiger partial charge is 0.322 e. The first-order valence-corrected chi connectivity index (χ1v) is 9.18. The highest BCUT2D eigenvalue weighted by molar-refractivity contribution is 5.91. The number of para-hydroxylation sites is 3. The van der Waals surface area contributed by atoms with Gasteiger partial charge in [0.05, 0.1) is 11.9 Å². The molecule has 28 heavy (non-hydrogen) atoms. The first-order chi connectivity index (χ1) is 13.8. The van der Waals surface area contributed by atoms with Crippen molar-refractivity contribution in [1.82, 2.24) is 14.9 Å². The monoisotopic (exact) mass is 375 g/mol. The van der Waals surface area contributed by atoms with Crippen molar-refractivity contribution in [2.24, 2.45) is 0 Å². The molecule has 1 aliphatic rings. The summed E-state index contributed by atoms with van der Waals surface area (Å²) in [5, 5.41) is 2.97. The minimum atomic E-state index is -0.136. The van der Waals surface area contributed by atoms with Crippen LogP contribution in [-0.4, -0.2) is 47.1 Å². The summed E-state index contributed by atoms with van der Waals surface area (Å²) in [5.41, 5.74) is 0.646. The predicted octanol–water partition coefficient (Wildman–Crippen LogP) is 3.62. The van der Waals surface area contributed by atoms with E-state index in [1.165, 1.54) is 0 Å². The molecule has 1 aliphatic heterocycles. The van der Waals surface area contributed by atoms with Crippen LogP contribution < -0.4 is 15.0 Å². The summed E-state index contributed by atoms with van der Waals surface area (Å²) < 4.78 is 5.92. The minimum Gasteiger partial charge on any atom is -0.455 e. The third-order valence-corrected chi connectivity index (χ3v) is 4.54. The molecule has 0 aliphatic carbocycles. The van der Waals surface area contributed by atoms with E-state index in [1.54, 1.807) is 23.5 Å². The normalized spacial score (nSPS) is 13.9. The molecule has 7 nitrogen and oxygen atoms in total. The molecule has 0 bridgehead atoms. The molecule has 1 N–H and O–H groups in total. The maximum Gasteiger partial charge on any atom is 0.322 e. The van der Waals surface area contributed by atoms with Crippen molar-refractivity contribution in [3.8, 4) is 11.5 Å². The van der Waals surface area contributed by atoms with Gasteiger partial charge in [-0.2, -0.15) is 0 Å². The van der Waals surface area contributed by atoms with Crippen molar-refractivity contribution in [2.75, 3.05) is 36.4 Å². The van der Waals surface area contributed by atoms with Crippen LogP contribution in [0.25, 0.3) is 0 Å². The van der Waals surface area contributed by atoms with Gasteiger partial charge >= 0.3 is 6.03 Å². The summed E-state index contributed by atoms with van der Waals surface area (Å²) in [6.07, 6.45) is 5.08. The highest BCUT2D eigenvalue weighted by Crippen LogP contribution is 2.29. The number of carbonyl (C=O) groups is 1. The van der Waals surface area contributed by atoms with Crippen molar-refractivity contribution in [3.63, 3.8) is 0 Å². The highest BCUT2D eigenvalue weighted by Gasteiger charge is 2.22. The molecule has 3 aromatic rings. The van der Waals surface area contributed by atoms with Crippen LogP contribution in [0.2, 0.25) is 0 Å². The Labute approximate surface area is 163 Å². The van der Waals surface area contributed by atoms with Gasteiger partial charge in [0.25, 0.3) is 0 Å². The molecule has 0 spiro atoms. The number of rotatable bonds is 4. The van der Waals surface area contributed by atoms with E-state index in [0.29, 0.717) is 37.6 Å². The van der Waals surface area contributed by atoms with E-state index in [2.05, 4.69) is 20.2 Å². The van der Waals surface area contributed by atoms with Crippen LogP contribution in [0.15, 0.2) is 73.2 Å². The molecular weight excluding hydrogens is 354 g/mol. The number of anilines is 2. The number of nitrogens with zero attached hydrogens (tertiary/aromatic N) is 4. The van der Waals surface area contributed by atoms with Crippen LogP contribution in [0.3, 0.4) is 0 Å². The Bertz CT molecular complexity index is 912. The van der Waals surface area contributed by atoms with Crippen LogP contribution in [0, 0.1) is 0 Å². The Balaban J connectivity index is 1.38. The summed E-state index contributed by atoms with van der Waals surface area (Å²) in [5.74, 6) is 2.17. The van der Waals surface area contributed by atoms with Crippen molar-refractivity contribution in [3.05, 3.63) is 73.2 Å². The van der Waals surface area contributed by atoms with Crippen LogP contribution in [0.5, 0.6) is 11.5 Å². The van der Waals surface area contributed by atoms with Gasteiger partial charge in [0.2, 0.25) is 0 Å². The largest absolute Gasteiger partial charge is 0.455 e. The quantitative estimate of drug-likeness (QED) is 0.754. The number of nitrogens with one attached hydrogen (secondary N) is 1. The van der Waals surface area contributed by atoms with Crippen LogP contribution in [0.1, 0.15) is 0 Å². The zero-order valence-corrected chi connectivity index (χ0v) is 15.4. The second-order valence-electron chi connectivity index (χ2n) is 6.38. The van der Waals surface area contributed by atoms with E-state index in [0.717, 1.165) is 11.6 Å². The predicted molar refractivity (Wildman–Crippen MR) is 108 cm³/mol. The molecule has 2 aromatic carbocycles. The summed E-state index contributed by atoms with van der Waals surface area (Å²) in [6, 6.07) is 16.8. The molecule has 1 saturated heterocycles. The molecule has 2 amide bonds. The molecule has 7 heteroatoms. The number of aromatic nitrogens is 2. The standard InChI is InChI=1S/C21H21N5O2/c27-21(26-14-12-25(13-15-26)20-16-22-10-11-23-20)24-18-8-4-5-9-19(18)28-17-6-2-1-3-7-17/h1-11,16H,12-15H2,(H,24,27). The number of urea groups is 1. The molecule has 142 valence electrons. The zero-order valence-electron chi connectivity index (χ0n) is 15.4. The van der Waals surface area contributed by atoms with Crippen molar-refractivity contribution in [1.29, 1.82) is 0 Å². The highest BCUT2D eigenvalue weighted by atomic mass is 16.5. The van der Waals surface area contributed by atoms with Gasteiger partial charge < -0.3 is 19.9 Å². The van der Waals surface area contributed by atoms with Gasteiger partial charge in [0, 0.05) is 38.6 Å². The number of amides is 2. The van der Waals surface area contributed by atoms with E-state index in [4.69, 9.17) is 4.74 Å². The van der Waals surface area contributed by atoms with E-state index in [-0.39, 0.29) is 6.03 Å². The van der Waals surface area contributed by atoms with Crippen LogP contribution >= 0.6 is 0 Å². The molecule has 1 fully saturated rings. The molecule has 4 rings (SSSR count). The SMILES string of the molecule is O=C(Nc1ccccc1Oc1ccccc1)N1CCN(c2cnccn2)CC1. The Morgan fingerprint density at radius 3 is 2.43 bits per heavy atom. The third-order valence-electron chi connectivity index (χ3n) is 4.54. The number of hydrogen-bond acceptors (Lipinski definition) is 5. The number of piperazine rings is 1. The van der Waals surface area contributed by atoms with Crippen molar-refractivity contribution in [2.45, 2.75) is 0 Å². The molecular formula is C21H21N5O2. The van der Waals surface area contributed by atoms with E-state index in [1.807, 2.05) is 54.6 Å². The fraction of sp³-hybridized carbons (Fsp3) is 0.190. The van der Waals surface area contributed by atoms with Gasteiger partial charge in [0.15, 0.2) is 5.75 Å². The number of benzene rings is 2. The zero-order chi connectivity index (χ0) is 19.2. The fourth-order valence-corrected chi connectivity index (χ4v) is 3.06. The van der Waals surface area contributed by atoms with Gasteiger partial charge in [-0.05, 0) is 24.3 Å². The van der Waals surface area contributed by atoms with Gasteiger partial charge in [-0.1, -0.05) is 30.3 Å². The molecule has 0 unspecified atom stereocenters. The lowest BCUT2D eigenvalue weighted by Gasteiger charge is -2.35. The van der Waals surface area contributed by atoms with Gasteiger partial charge in [0.1, 0.15) is 11.6 Å². The molecule has 2 heterocycles. The molecule has 0 radical (unpaired) electrons. The fourth-order valence-electron chi connectivity index (χ4n) is 3.06. The average Bonchev–Trinajstić information content (AvgIpc) is 2.76. The van der Waals surface area contributed by atoms with Crippen LogP contribution in [-0.2, 0) is 0 Å². The Morgan fingerprint density at radius 1 is 0.929 bits per heavy atom. The minimum absolute atomic E-state index is 0.136. The maximum atomic E-state index is 12.7. The van der Waals surface area contributed by atoms with Crippen molar-refractivity contribution < 1.29 is 9.53 Å². The molecule has 1 aromatic heterocycles. The average molecular weight is 375 g/mol. The summed E-state index contributed by atoms with van der Waals surface area (Å²) in [4.78, 5) is 25.1. The Hall–Kier alpha value is -3.61. The number of carbonyl (C=O) groups excluding carboxylic acids is 1. The lowest BCUT2D eigenvalue weighted by molar-refractivity contribution is 0.208. The van der Waals surface area contributed by atoms with Crippen molar-refractivity contribution >= 4 is 17.5 Å². The van der Waals surface area contributed by atoms with Crippen LogP contribution in [0.4, 0.5) is 16.3 Å². The number of ether oxygens (including phenoxy) is 1. The maximum absolute atomic E-state index is 12.7. The lowest BCUT2D eigenvalue weighted by atomic mass is 10.2. The van der Waals surface area contributed by atoms with Gasteiger partial charge in [-0.25, -0.2) is 9.78 Å². The van der Waals surface area contributed by atoms with E-state index < -0.39 is 0 Å². The summed E-state index contributed by atoms with van der Waals surface area (Å²) in [7, 11) is 0. The molecule has 0 saturated carbocycles.